The first-order valence-electron chi connectivity index (χ1n) is 5.33. The summed E-state index contributed by atoms with van der Waals surface area (Å²) in [6.45, 7) is 4.34. The average Bonchev–Trinajstić information content (AvgIpc) is 2.16. The highest BCUT2D eigenvalue weighted by Crippen LogP contribution is 1.94. The fourth-order valence-corrected chi connectivity index (χ4v) is 1.21. The third-order valence-electron chi connectivity index (χ3n) is 1.93. The molecule has 0 aliphatic carbocycles. The van der Waals surface area contributed by atoms with Crippen molar-refractivity contribution < 1.29 is 24.9 Å². The second kappa shape index (κ2) is 8.46. The number of rotatable bonds is 8. The molecule has 0 rings (SSSR count). The summed E-state index contributed by atoms with van der Waals surface area (Å²) in [6, 6.07) is 0. The van der Waals surface area contributed by atoms with Gasteiger partial charge in [0.2, 0.25) is 0 Å². The molecule has 0 aromatic heterocycles. The largest absolute Gasteiger partial charge is 0.462 e. The lowest BCUT2D eigenvalue weighted by molar-refractivity contribution is -0.153. The van der Waals surface area contributed by atoms with Gasteiger partial charge in [-0.1, -0.05) is 0 Å². The van der Waals surface area contributed by atoms with Crippen LogP contribution in [-0.4, -0.2) is 71.2 Å². The van der Waals surface area contributed by atoms with E-state index in [2.05, 4.69) is 0 Å². The van der Waals surface area contributed by atoms with Crippen LogP contribution >= 0.6 is 0 Å². The van der Waals surface area contributed by atoms with E-state index in [-0.39, 0.29) is 13.2 Å². The van der Waals surface area contributed by atoms with Crippen LogP contribution in [0.25, 0.3) is 0 Å². The highest BCUT2D eigenvalue weighted by atomic mass is 16.5. The van der Waals surface area contributed by atoms with Gasteiger partial charge in [-0.3, -0.25) is 4.90 Å². The number of ether oxygens (including phenoxy) is 1. The Morgan fingerprint density at radius 2 is 1.94 bits per heavy atom. The number of aliphatic hydroxyl groups excluding tert-OH is 3. The molecule has 96 valence electrons. The van der Waals surface area contributed by atoms with Gasteiger partial charge in [-0.25, -0.2) is 4.79 Å². The van der Waals surface area contributed by atoms with Crippen LogP contribution in [0.15, 0.2) is 0 Å². The first-order chi connectivity index (χ1) is 7.47. The van der Waals surface area contributed by atoms with Crippen molar-refractivity contribution in [2.45, 2.75) is 26.1 Å². The molecule has 16 heavy (non-hydrogen) atoms. The molecule has 0 saturated carbocycles. The van der Waals surface area contributed by atoms with Gasteiger partial charge in [0, 0.05) is 19.6 Å². The van der Waals surface area contributed by atoms with E-state index < -0.39 is 18.2 Å². The number of hydrogen-bond acceptors (Lipinski definition) is 6. The summed E-state index contributed by atoms with van der Waals surface area (Å²) in [6.07, 6.45) is -1.62. The summed E-state index contributed by atoms with van der Waals surface area (Å²) < 4.78 is 4.77. The normalized spacial score (nSPS) is 14.9. The van der Waals surface area contributed by atoms with Crippen molar-refractivity contribution in [2.24, 2.45) is 0 Å². The zero-order valence-corrected chi connectivity index (χ0v) is 9.80. The molecule has 2 unspecified atom stereocenters. The molecule has 0 heterocycles. The highest BCUT2D eigenvalue weighted by molar-refractivity contribution is 5.73. The summed E-state index contributed by atoms with van der Waals surface area (Å²) in [5.74, 6) is -0.666. The SMILES string of the molecule is CC(O)CN(CCO)CCOC(=O)C(C)O. The van der Waals surface area contributed by atoms with E-state index in [0.29, 0.717) is 19.6 Å². The van der Waals surface area contributed by atoms with Crippen molar-refractivity contribution in [1.29, 1.82) is 0 Å². The molecule has 2 atom stereocenters. The second-order valence-electron chi connectivity index (χ2n) is 3.72. The number of hydrogen-bond donors (Lipinski definition) is 3. The van der Waals surface area contributed by atoms with E-state index in [9.17, 15) is 9.90 Å². The van der Waals surface area contributed by atoms with Gasteiger partial charge in [0.1, 0.15) is 12.7 Å². The Balaban J connectivity index is 3.79. The van der Waals surface area contributed by atoms with Gasteiger partial charge in [-0.15, -0.1) is 0 Å². The van der Waals surface area contributed by atoms with Crippen LogP contribution in [0.5, 0.6) is 0 Å². The van der Waals surface area contributed by atoms with E-state index in [1.165, 1.54) is 6.92 Å². The summed E-state index contributed by atoms with van der Waals surface area (Å²) >= 11 is 0. The fraction of sp³-hybridized carbons (Fsp3) is 0.900. The van der Waals surface area contributed by atoms with Gasteiger partial charge < -0.3 is 20.1 Å². The first-order valence-corrected chi connectivity index (χ1v) is 5.33. The third kappa shape index (κ3) is 7.58. The summed E-state index contributed by atoms with van der Waals surface area (Å²) in [5.41, 5.74) is 0. The zero-order chi connectivity index (χ0) is 12.6. The lowest BCUT2D eigenvalue weighted by Gasteiger charge is -2.22. The molecule has 3 N–H and O–H groups in total. The minimum absolute atomic E-state index is 0.0168. The monoisotopic (exact) mass is 235 g/mol. The van der Waals surface area contributed by atoms with Crippen LogP contribution in [0.4, 0.5) is 0 Å². The highest BCUT2D eigenvalue weighted by Gasteiger charge is 2.12. The maximum atomic E-state index is 10.9. The number of nitrogens with zero attached hydrogens (tertiary/aromatic N) is 1. The molecule has 0 fully saturated rings. The van der Waals surface area contributed by atoms with Crippen molar-refractivity contribution in [3.05, 3.63) is 0 Å². The van der Waals surface area contributed by atoms with Crippen LogP contribution in [-0.2, 0) is 9.53 Å². The van der Waals surface area contributed by atoms with E-state index in [1.807, 2.05) is 0 Å². The number of esters is 1. The summed E-state index contributed by atoms with van der Waals surface area (Å²) in [5, 5.41) is 26.8. The second-order valence-corrected chi connectivity index (χ2v) is 3.72. The van der Waals surface area contributed by atoms with Crippen molar-refractivity contribution in [3.8, 4) is 0 Å². The number of carbonyl (C=O) groups is 1. The maximum absolute atomic E-state index is 10.9. The molecule has 0 bridgehead atoms. The Labute approximate surface area is 95.4 Å². The molecule has 0 radical (unpaired) electrons. The Kier molecular flexibility index (Phi) is 8.10. The van der Waals surface area contributed by atoms with Gasteiger partial charge in [-0.2, -0.15) is 0 Å². The predicted molar refractivity (Wildman–Crippen MR) is 57.8 cm³/mol. The maximum Gasteiger partial charge on any atom is 0.334 e. The Morgan fingerprint density at radius 1 is 1.31 bits per heavy atom. The predicted octanol–water partition coefficient (Wildman–Crippen LogP) is -1.41. The quantitative estimate of drug-likeness (QED) is 0.448. The van der Waals surface area contributed by atoms with E-state index in [4.69, 9.17) is 14.9 Å². The van der Waals surface area contributed by atoms with Crippen molar-refractivity contribution in [2.75, 3.05) is 32.8 Å². The minimum Gasteiger partial charge on any atom is -0.462 e. The first kappa shape index (κ1) is 15.3. The van der Waals surface area contributed by atoms with Gasteiger partial charge >= 0.3 is 5.97 Å². The number of carbonyl (C=O) groups excluding carboxylic acids is 1. The Morgan fingerprint density at radius 3 is 2.38 bits per heavy atom. The average molecular weight is 235 g/mol. The Bertz CT molecular complexity index is 196. The van der Waals surface area contributed by atoms with Crippen LogP contribution in [0, 0.1) is 0 Å². The fourth-order valence-electron chi connectivity index (χ4n) is 1.21. The van der Waals surface area contributed by atoms with Crippen molar-refractivity contribution in [1.82, 2.24) is 4.90 Å². The zero-order valence-electron chi connectivity index (χ0n) is 9.80. The molecular formula is C10H21NO5. The molecule has 0 amide bonds. The Hall–Kier alpha value is -0.690. The van der Waals surface area contributed by atoms with E-state index in [1.54, 1.807) is 11.8 Å². The van der Waals surface area contributed by atoms with Gasteiger partial charge in [-0.05, 0) is 13.8 Å². The molecule has 0 aliphatic rings. The van der Waals surface area contributed by atoms with E-state index in [0.717, 1.165) is 0 Å². The summed E-state index contributed by atoms with van der Waals surface area (Å²) in [7, 11) is 0. The van der Waals surface area contributed by atoms with Crippen molar-refractivity contribution in [3.63, 3.8) is 0 Å². The summed E-state index contributed by atoms with van der Waals surface area (Å²) in [4.78, 5) is 12.7. The number of aliphatic hydroxyl groups is 3. The molecule has 0 saturated heterocycles. The van der Waals surface area contributed by atoms with Gasteiger partial charge in [0.05, 0.1) is 12.7 Å². The molecule has 0 aromatic rings. The molecule has 0 aliphatic heterocycles. The molecule has 6 nitrogen and oxygen atoms in total. The molecule has 6 heteroatoms. The smallest absolute Gasteiger partial charge is 0.334 e. The lowest BCUT2D eigenvalue weighted by Crippen LogP contribution is -2.36. The van der Waals surface area contributed by atoms with Crippen molar-refractivity contribution >= 4 is 5.97 Å². The standard InChI is InChI=1S/C10H21NO5/c1-8(13)7-11(3-5-12)4-6-16-10(15)9(2)14/h8-9,12-14H,3-7H2,1-2H3. The van der Waals surface area contributed by atoms with Crippen LogP contribution < -0.4 is 0 Å². The molecular weight excluding hydrogens is 214 g/mol. The topological polar surface area (TPSA) is 90.2 Å². The minimum atomic E-state index is -1.12. The van der Waals surface area contributed by atoms with Crippen LogP contribution in [0.3, 0.4) is 0 Å². The van der Waals surface area contributed by atoms with Gasteiger partial charge in [0.25, 0.3) is 0 Å². The third-order valence-corrected chi connectivity index (χ3v) is 1.93. The lowest BCUT2D eigenvalue weighted by atomic mass is 10.3. The van der Waals surface area contributed by atoms with Crippen LogP contribution in [0.1, 0.15) is 13.8 Å². The van der Waals surface area contributed by atoms with E-state index >= 15 is 0 Å². The molecule has 0 aromatic carbocycles. The van der Waals surface area contributed by atoms with Gasteiger partial charge in [0.15, 0.2) is 0 Å². The molecule has 0 spiro atoms. The van der Waals surface area contributed by atoms with Crippen LogP contribution in [0.2, 0.25) is 0 Å².